The fourth-order valence-electron chi connectivity index (χ4n) is 5.71. The predicted molar refractivity (Wildman–Crippen MR) is 193 cm³/mol. The van der Waals surface area contributed by atoms with Crippen molar-refractivity contribution in [2.75, 3.05) is 11.9 Å². The molecule has 0 radical (unpaired) electrons. The lowest BCUT2D eigenvalue weighted by Crippen LogP contribution is -2.40. The minimum Gasteiger partial charge on any atom is -0.490 e. The molecule has 7 nitrogen and oxygen atoms in total. The van der Waals surface area contributed by atoms with Gasteiger partial charge < -0.3 is 14.8 Å². The lowest BCUT2D eigenvalue weighted by Gasteiger charge is -2.25. The second-order valence-corrected chi connectivity index (χ2v) is 12.7. The number of anilines is 1. The molecule has 1 atom stereocenters. The second-order valence-electron chi connectivity index (χ2n) is 11.3. The molecule has 0 fully saturated rings. The molecule has 1 N–H and O–H groups in total. The number of hydrogen-bond donors (Lipinski definition) is 1. The summed E-state index contributed by atoms with van der Waals surface area (Å²) >= 11 is 7.59. The van der Waals surface area contributed by atoms with Gasteiger partial charge in [-0.1, -0.05) is 77.5 Å². The number of rotatable bonds is 11. The standard InChI is InChI=1S/C39H33ClFN3O4S/c1-4-11-27-20-25(21-32(47-5-2)36(27)48-23-28-12-9-10-15-31(28)40)22-33-38(46)44-35(26-16-18-29(41)19-17-26)34(24(3)42-39(44)49-33)37(45)43-30-13-7-6-8-14-30/h4,6-10,12-22,35H,1,5,11,23H2,2-3H3,(H,43,45)/b33-22+/t35-/m1/s1. The minimum atomic E-state index is -0.835. The first-order valence-electron chi connectivity index (χ1n) is 15.7. The van der Waals surface area contributed by atoms with Crippen LogP contribution in [-0.4, -0.2) is 17.1 Å². The molecule has 2 heterocycles. The van der Waals surface area contributed by atoms with Gasteiger partial charge in [-0.05, 0) is 79.9 Å². The number of halogens is 2. The molecule has 0 aliphatic carbocycles. The van der Waals surface area contributed by atoms with Crippen LogP contribution in [0.15, 0.2) is 125 Å². The number of hydrogen-bond acceptors (Lipinski definition) is 6. The fourth-order valence-corrected chi connectivity index (χ4v) is 6.95. The Balaban J connectivity index is 1.44. The normalized spacial score (nSPS) is 14.2. The zero-order valence-corrected chi connectivity index (χ0v) is 28.5. The smallest absolute Gasteiger partial charge is 0.271 e. The number of carbonyl (C=O) groups is 1. The highest BCUT2D eigenvalue weighted by Gasteiger charge is 2.32. The van der Waals surface area contributed by atoms with Crippen LogP contribution in [-0.2, 0) is 17.8 Å². The minimum absolute atomic E-state index is 0.241. The van der Waals surface area contributed by atoms with E-state index in [1.165, 1.54) is 28.0 Å². The maximum absolute atomic E-state index is 14.3. The summed E-state index contributed by atoms with van der Waals surface area (Å²) in [4.78, 5) is 33.2. The van der Waals surface area contributed by atoms with Gasteiger partial charge in [-0.25, -0.2) is 9.38 Å². The zero-order chi connectivity index (χ0) is 34.5. The summed E-state index contributed by atoms with van der Waals surface area (Å²) in [7, 11) is 0. The highest BCUT2D eigenvalue weighted by atomic mass is 35.5. The van der Waals surface area contributed by atoms with Crippen LogP contribution in [0.4, 0.5) is 10.1 Å². The van der Waals surface area contributed by atoms with Crippen molar-refractivity contribution in [3.63, 3.8) is 0 Å². The Morgan fingerprint density at radius 2 is 1.78 bits per heavy atom. The van der Waals surface area contributed by atoms with Crippen LogP contribution in [0.1, 0.15) is 42.1 Å². The Morgan fingerprint density at radius 3 is 2.49 bits per heavy atom. The van der Waals surface area contributed by atoms with E-state index in [0.717, 1.165) is 11.1 Å². The van der Waals surface area contributed by atoms with Crippen LogP contribution in [0.25, 0.3) is 6.08 Å². The van der Waals surface area contributed by atoms with Gasteiger partial charge in [-0.3, -0.25) is 14.2 Å². The van der Waals surface area contributed by atoms with Gasteiger partial charge >= 0.3 is 0 Å². The van der Waals surface area contributed by atoms with Gasteiger partial charge in [0.05, 0.1) is 28.5 Å². The van der Waals surface area contributed by atoms with E-state index in [4.69, 9.17) is 26.1 Å². The van der Waals surface area contributed by atoms with Crippen molar-refractivity contribution in [3.05, 3.63) is 168 Å². The largest absolute Gasteiger partial charge is 0.490 e. The summed E-state index contributed by atoms with van der Waals surface area (Å²) in [6.07, 6.45) is 4.05. The molecule has 1 amide bonds. The number of ether oxygens (including phenoxy) is 2. The van der Waals surface area contributed by atoms with Crippen molar-refractivity contribution in [2.45, 2.75) is 32.9 Å². The van der Waals surface area contributed by atoms with Gasteiger partial charge in [0.2, 0.25) is 0 Å². The van der Waals surface area contributed by atoms with Crippen LogP contribution in [0, 0.1) is 5.82 Å². The molecule has 1 aliphatic heterocycles. The molecule has 0 spiro atoms. The average molecular weight is 694 g/mol. The van der Waals surface area contributed by atoms with Crippen molar-refractivity contribution >= 4 is 40.6 Å². The molecule has 1 aromatic heterocycles. The topological polar surface area (TPSA) is 81.9 Å². The number of allylic oxidation sites excluding steroid dienone is 2. The molecule has 0 bridgehead atoms. The lowest BCUT2D eigenvalue weighted by molar-refractivity contribution is -0.113. The molecule has 0 saturated heterocycles. The van der Waals surface area contributed by atoms with Crippen molar-refractivity contribution < 1.29 is 18.7 Å². The molecular weight excluding hydrogens is 661 g/mol. The number of amides is 1. The summed E-state index contributed by atoms with van der Waals surface area (Å²) in [6, 6.07) is 25.3. The van der Waals surface area contributed by atoms with Crippen molar-refractivity contribution in [1.82, 2.24) is 4.57 Å². The quantitative estimate of drug-likeness (QED) is 0.147. The summed E-state index contributed by atoms with van der Waals surface area (Å²) in [5.74, 6) is 0.264. The molecule has 248 valence electrons. The molecule has 1 aliphatic rings. The first-order valence-corrected chi connectivity index (χ1v) is 16.9. The van der Waals surface area contributed by atoms with Crippen molar-refractivity contribution in [2.24, 2.45) is 4.99 Å². The van der Waals surface area contributed by atoms with E-state index in [0.29, 0.717) is 67.0 Å². The molecule has 49 heavy (non-hydrogen) atoms. The second kappa shape index (κ2) is 14.9. The van der Waals surface area contributed by atoms with Gasteiger partial charge in [0.25, 0.3) is 11.5 Å². The molecular formula is C39H33ClFN3O4S. The molecule has 0 saturated carbocycles. The average Bonchev–Trinajstić information content (AvgIpc) is 3.39. The van der Waals surface area contributed by atoms with Crippen LogP contribution < -0.4 is 29.7 Å². The van der Waals surface area contributed by atoms with E-state index in [-0.39, 0.29) is 12.2 Å². The van der Waals surface area contributed by atoms with E-state index < -0.39 is 17.8 Å². The van der Waals surface area contributed by atoms with Gasteiger partial charge in [0.1, 0.15) is 12.4 Å². The number of thiazole rings is 1. The van der Waals surface area contributed by atoms with Gasteiger partial charge in [0.15, 0.2) is 16.3 Å². The molecule has 5 aromatic rings. The van der Waals surface area contributed by atoms with E-state index >= 15 is 0 Å². The van der Waals surface area contributed by atoms with Crippen LogP contribution in [0.5, 0.6) is 11.5 Å². The third-order valence-electron chi connectivity index (χ3n) is 7.93. The lowest BCUT2D eigenvalue weighted by atomic mass is 9.95. The zero-order valence-electron chi connectivity index (χ0n) is 26.9. The monoisotopic (exact) mass is 693 g/mol. The Kier molecular flexibility index (Phi) is 10.2. The number of para-hydroxylation sites is 1. The van der Waals surface area contributed by atoms with E-state index in [2.05, 4.69) is 11.9 Å². The predicted octanol–water partition coefficient (Wildman–Crippen LogP) is 7.37. The summed E-state index contributed by atoms with van der Waals surface area (Å²) in [6.45, 7) is 8.19. The van der Waals surface area contributed by atoms with E-state index in [1.807, 2.05) is 61.5 Å². The molecule has 4 aromatic carbocycles. The van der Waals surface area contributed by atoms with Crippen LogP contribution in [0.3, 0.4) is 0 Å². The van der Waals surface area contributed by atoms with Gasteiger partial charge in [0, 0.05) is 21.8 Å². The number of fused-ring (bicyclic) bond motifs is 1. The number of aromatic nitrogens is 1. The maximum atomic E-state index is 14.3. The maximum Gasteiger partial charge on any atom is 0.271 e. The summed E-state index contributed by atoms with van der Waals surface area (Å²) < 4.78 is 28.3. The SMILES string of the molecule is C=CCc1cc(/C=c2/sc3n(c2=O)[C@H](c2ccc(F)cc2)C(C(=O)Nc2ccccc2)=C(C)N=3)cc(OCC)c1OCc1ccccc1Cl. The first-order chi connectivity index (χ1) is 23.8. The number of nitrogens with one attached hydrogen (secondary N) is 1. The molecule has 10 heteroatoms. The van der Waals surface area contributed by atoms with Crippen LogP contribution in [0.2, 0.25) is 5.02 Å². The third kappa shape index (κ3) is 7.28. The Bertz CT molecular complexity index is 2240. The Morgan fingerprint density at radius 1 is 1.04 bits per heavy atom. The fraction of sp³-hybridized carbons (Fsp3) is 0.154. The highest BCUT2D eigenvalue weighted by Crippen LogP contribution is 2.36. The van der Waals surface area contributed by atoms with Crippen LogP contribution >= 0.6 is 22.9 Å². The molecule has 0 unspecified atom stereocenters. The summed E-state index contributed by atoms with van der Waals surface area (Å²) in [5, 5.41) is 3.53. The number of nitrogens with zero attached hydrogens (tertiary/aromatic N) is 2. The number of benzene rings is 4. The van der Waals surface area contributed by atoms with Crippen molar-refractivity contribution in [3.8, 4) is 11.5 Å². The molecule has 6 rings (SSSR count). The van der Waals surface area contributed by atoms with Gasteiger partial charge in [-0.15, -0.1) is 6.58 Å². The van der Waals surface area contributed by atoms with Crippen molar-refractivity contribution in [1.29, 1.82) is 0 Å². The van der Waals surface area contributed by atoms with E-state index in [9.17, 15) is 14.0 Å². The van der Waals surface area contributed by atoms with Gasteiger partial charge in [-0.2, -0.15) is 0 Å². The third-order valence-corrected chi connectivity index (χ3v) is 9.28. The highest BCUT2D eigenvalue weighted by molar-refractivity contribution is 7.07. The summed E-state index contributed by atoms with van der Waals surface area (Å²) in [5.41, 5.74) is 3.97. The Labute approximate surface area is 291 Å². The Hall–Kier alpha value is -5.25. The first kappa shape index (κ1) is 33.6. The number of carbonyl (C=O) groups excluding carboxylic acids is 1. The van der Waals surface area contributed by atoms with E-state index in [1.54, 1.807) is 43.3 Å².